The molecular weight excluding hydrogens is 268 g/mol. The van der Waals surface area contributed by atoms with Crippen LogP contribution in [0.15, 0.2) is 30.6 Å². The molecule has 1 atom stereocenters. The minimum atomic E-state index is -0.392. The topological polar surface area (TPSA) is 129 Å². The third-order valence-corrected chi connectivity index (χ3v) is 3.45. The second kappa shape index (κ2) is 4.95. The van der Waals surface area contributed by atoms with Gasteiger partial charge in [0.1, 0.15) is 11.4 Å². The largest absolute Gasteiger partial charge is 0.497 e. The molecule has 21 heavy (non-hydrogen) atoms. The van der Waals surface area contributed by atoms with Gasteiger partial charge in [0.15, 0.2) is 0 Å². The van der Waals surface area contributed by atoms with Crippen molar-refractivity contribution in [3.8, 4) is 5.75 Å². The number of H-pyrrole nitrogens is 1. The van der Waals surface area contributed by atoms with Crippen LogP contribution in [0.5, 0.6) is 5.75 Å². The number of benzene rings is 1. The van der Waals surface area contributed by atoms with Crippen molar-refractivity contribution >= 4 is 22.7 Å². The van der Waals surface area contributed by atoms with Crippen molar-refractivity contribution in [2.45, 2.75) is 6.04 Å². The van der Waals surface area contributed by atoms with Crippen LogP contribution in [0.3, 0.4) is 0 Å². The molecule has 2 aromatic heterocycles. The highest BCUT2D eigenvalue weighted by atomic mass is 16.5. The van der Waals surface area contributed by atoms with Crippen molar-refractivity contribution in [3.05, 3.63) is 41.7 Å². The Balaban J connectivity index is 2.06. The molecule has 0 aliphatic rings. The zero-order valence-corrected chi connectivity index (χ0v) is 11.5. The number of ether oxygens (including phenoxy) is 1. The first kappa shape index (κ1) is 13.2. The number of methoxy groups -OCH3 is 1. The lowest BCUT2D eigenvalue weighted by atomic mass is 9.98. The zero-order chi connectivity index (χ0) is 15.0. The Hall–Kier alpha value is -2.80. The average Bonchev–Trinajstić information content (AvgIpc) is 2.89. The van der Waals surface area contributed by atoms with E-state index in [1.807, 2.05) is 12.1 Å². The Morgan fingerprint density at radius 1 is 1.24 bits per heavy atom. The molecule has 3 rings (SSSR count). The van der Waals surface area contributed by atoms with Crippen molar-refractivity contribution in [1.82, 2.24) is 15.0 Å². The van der Waals surface area contributed by atoms with Gasteiger partial charge in [0.05, 0.1) is 13.2 Å². The fourth-order valence-electron chi connectivity index (χ4n) is 2.33. The van der Waals surface area contributed by atoms with Gasteiger partial charge in [0, 0.05) is 35.1 Å². The van der Waals surface area contributed by atoms with Crippen molar-refractivity contribution in [2.24, 2.45) is 5.73 Å². The zero-order valence-electron chi connectivity index (χ0n) is 11.5. The van der Waals surface area contributed by atoms with Gasteiger partial charge in [0.25, 0.3) is 0 Å². The molecule has 7 N–H and O–H groups in total. The molecule has 0 aliphatic carbocycles. The van der Waals surface area contributed by atoms with Crippen molar-refractivity contribution < 1.29 is 4.74 Å². The molecule has 108 valence electrons. The van der Waals surface area contributed by atoms with E-state index < -0.39 is 6.04 Å². The highest BCUT2D eigenvalue weighted by Crippen LogP contribution is 2.31. The van der Waals surface area contributed by atoms with Crippen molar-refractivity contribution in [3.63, 3.8) is 0 Å². The average molecular weight is 284 g/mol. The summed E-state index contributed by atoms with van der Waals surface area (Å²) in [4.78, 5) is 11.2. The summed E-state index contributed by atoms with van der Waals surface area (Å²) < 4.78 is 5.14. The molecule has 0 amide bonds. The van der Waals surface area contributed by atoms with Crippen LogP contribution in [0, 0.1) is 0 Å². The Morgan fingerprint density at radius 2 is 2.05 bits per heavy atom. The molecule has 0 fully saturated rings. The van der Waals surface area contributed by atoms with Crippen molar-refractivity contribution in [1.29, 1.82) is 0 Å². The number of nitrogens with two attached hydrogens (primary N) is 3. The van der Waals surface area contributed by atoms with Gasteiger partial charge in [-0.05, 0) is 11.6 Å². The monoisotopic (exact) mass is 284 g/mol. The second-order valence-corrected chi connectivity index (χ2v) is 4.71. The number of fused-ring (bicyclic) bond motifs is 1. The summed E-state index contributed by atoms with van der Waals surface area (Å²) in [6.07, 6.45) is 3.45. The number of nitrogens with zero attached hydrogens (tertiary/aromatic N) is 2. The number of aromatic nitrogens is 3. The molecule has 7 heteroatoms. The maximum atomic E-state index is 6.33. The van der Waals surface area contributed by atoms with Crippen molar-refractivity contribution in [2.75, 3.05) is 18.6 Å². The van der Waals surface area contributed by atoms with Crippen LogP contribution in [-0.2, 0) is 0 Å². The molecule has 1 unspecified atom stereocenters. The minimum Gasteiger partial charge on any atom is -0.497 e. The number of nitrogen functional groups attached to an aromatic ring is 2. The van der Waals surface area contributed by atoms with Gasteiger partial charge in [0.2, 0.25) is 5.95 Å². The number of hydrogen-bond acceptors (Lipinski definition) is 6. The molecule has 0 aliphatic heterocycles. The van der Waals surface area contributed by atoms with Gasteiger partial charge in [-0.1, -0.05) is 6.07 Å². The van der Waals surface area contributed by atoms with Crippen LogP contribution in [0.4, 0.5) is 11.6 Å². The van der Waals surface area contributed by atoms with Gasteiger partial charge in [-0.25, -0.2) is 4.98 Å². The Morgan fingerprint density at radius 3 is 2.76 bits per heavy atom. The predicted molar refractivity (Wildman–Crippen MR) is 81.7 cm³/mol. The third-order valence-electron chi connectivity index (χ3n) is 3.45. The molecule has 1 aromatic carbocycles. The molecule has 7 nitrogen and oxygen atoms in total. The first-order valence-electron chi connectivity index (χ1n) is 6.38. The lowest BCUT2D eigenvalue weighted by molar-refractivity contribution is 0.415. The Bertz CT molecular complexity index is 797. The van der Waals surface area contributed by atoms with Gasteiger partial charge >= 0.3 is 0 Å². The summed E-state index contributed by atoms with van der Waals surface area (Å²) in [5, 5.41) is 0.826. The van der Waals surface area contributed by atoms with Crippen LogP contribution < -0.4 is 21.9 Å². The molecule has 0 spiro atoms. The molecule has 0 saturated heterocycles. The van der Waals surface area contributed by atoms with E-state index in [0.717, 1.165) is 16.5 Å². The highest BCUT2D eigenvalue weighted by molar-refractivity contribution is 5.81. The highest BCUT2D eigenvalue weighted by Gasteiger charge is 2.17. The Kier molecular flexibility index (Phi) is 3.11. The summed E-state index contributed by atoms with van der Waals surface area (Å²) >= 11 is 0. The fraction of sp³-hybridized carbons (Fsp3) is 0.143. The molecule has 0 radical (unpaired) electrons. The maximum Gasteiger partial charge on any atom is 0.221 e. The fourth-order valence-corrected chi connectivity index (χ4v) is 2.33. The molecule has 0 bridgehead atoms. The van der Waals surface area contributed by atoms with E-state index in [-0.39, 0.29) is 5.95 Å². The summed E-state index contributed by atoms with van der Waals surface area (Å²) in [5.74, 6) is 0.909. The SMILES string of the molecule is COc1ccc(C(N)c2c[nH]c3nc(N)ncc23)c(N)c1. The van der Waals surface area contributed by atoms with E-state index >= 15 is 0 Å². The van der Waals surface area contributed by atoms with Gasteiger partial charge < -0.3 is 26.9 Å². The minimum absolute atomic E-state index is 0.216. The van der Waals surface area contributed by atoms with Crippen LogP contribution in [0.2, 0.25) is 0 Å². The number of anilines is 2. The first-order chi connectivity index (χ1) is 10.1. The third kappa shape index (κ3) is 2.23. The predicted octanol–water partition coefficient (Wildman–Crippen LogP) is 1.18. The van der Waals surface area contributed by atoms with E-state index in [4.69, 9.17) is 21.9 Å². The molecule has 0 saturated carbocycles. The van der Waals surface area contributed by atoms with Crippen LogP contribution in [0.25, 0.3) is 11.0 Å². The number of hydrogen-bond donors (Lipinski definition) is 4. The lowest BCUT2D eigenvalue weighted by Gasteiger charge is -2.14. The molecule has 3 aromatic rings. The van der Waals surface area contributed by atoms with E-state index in [0.29, 0.717) is 17.1 Å². The lowest BCUT2D eigenvalue weighted by Crippen LogP contribution is -2.13. The summed E-state index contributed by atoms with van der Waals surface area (Å²) in [6, 6.07) is 5.04. The molecular formula is C14H16N6O. The van der Waals surface area contributed by atoms with Crippen LogP contribution >= 0.6 is 0 Å². The van der Waals surface area contributed by atoms with Gasteiger partial charge in [-0.15, -0.1) is 0 Å². The van der Waals surface area contributed by atoms with Gasteiger partial charge in [-0.3, -0.25) is 0 Å². The standard InChI is InChI=1S/C14H16N6O/c1-21-7-2-3-8(11(15)4-7)12(16)9-5-18-13-10(9)6-19-14(17)20-13/h2-6,12H,15-16H2,1H3,(H3,17,18,19,20). The van der Waals surface area contributed by atoms with Crippen LogP contribution in [-0.4, -0.2) is 22.1 Å². The summed E-state index contributed by atoms with van der Waals surface area (Å²) in [6.45, 7) is 0. The summed E-state index contributed by atoms with van der Waals surface area (Å²) in [7, 11) is 1.59. The van der Waals surface area contributed by atoms with E-state index in [9.17, 15) is 0 Å². The molecule has 2 heterocycles. The number of nitrogens with one attached hydrogen (secondary N) is 1. The van der Waals surface area contributed by atoms with E-state index in [1.165, 1.54) is 0 Å². The van der Waals surface area contributed by atoms with Crippen LogP contribution in [0.1, 0.15) is 17.2 Å². The van der Waals surface area contributed by atoms with Gasteiger partial charge in [-0.2, -0.15) is 4.98 Å². The number of rotatable bonds is 3. The van der Waals surface area contributed by atoms with E-state index in [1.54, 1.807) is 25.6 Å². The normalized spacial score (nSPS) is 12.5. The van der Waals surface area contributed by atoms with E-state index in [2.05, 4.69) is 15.0 Å². The first-order valence-corrected chi connectivity index (χ1v) is 6.38. The second-order valence-electron chi connectivity index (χ2n) is 4.71. The quantitative estimate of drug-likeness (QED) is 0.534. The summed E-state index contributed by atoms with van der Waals surface area (Å²) in [5.41, 5.74) is 20.9. The maximum absolute atomic E-state index is 6.33. The Labute approximate surface area is 121 Å². The number of aromatic amines is 1. The smallest absolute Gasteiger partial charge is 0.221 e.